The highest BCUT2D eigenvalue weighted by Crippen LogP contribution is 2.30. The van der Waals surface area contributed by atoms with Crippen LogP contribution in [0.5, 0.6) is 0 Å². The van der Waals surface area contributed by atoms with Crippen LogP contribution in [0.15, 0.2) is 28.7 Å². The summed E-state index contributed by atoms with van der Waals surface area (Å²) in [6.45, 7) is 0.172. The zero-order valence-electron chi connectivity index (χ0n) is 10.1. The Hall–Kier alpha value is -1.40. The third-order valence-corrected chi connectivity index (χ3v) is 3.70. The molecule has 2 atom stereocenters. The number of rotatable bonds is 4. The van der Waals surface area contributed by atoms with Gasteiger partial charge in [0, 0.05) is 30.0 Å². The molecule has 1 fully saturated rings. The number of hydrogen-bond acceptors (Lipinski definition) is 3. The molecule has 0 radical (unpaired) electrons. The molecule has 2 unspecified atom stereocenters. The van der Waals surface area contributed by atoms with Gasteiger partial charge in [-0.25, -0.2) is 4.79 Å². The van der Waals surface area contributed by atoms with Gasteiger partial charge in [0.15, 0.2) is 6.04 Å². The number of benzene rings is 1. The zero-order chi connectivity index (χ0) is 14.0. The summed E-state index contributed by atoms with van der Waals surface area (Å²) in [5.41, 5.74) is 0.550. The fraction of sp³-hybridized carbons (Fsp3) is 0.385. The molecule has 2 N–H and O–H groups in total. The molecule has 2 rings (SSSR count). The first kappa shape index (κ1) is 14.0. The van der Waals surface area contributed by atoms with Gasteiger partial charge in [0.2, 0.25) is 5.91 Å². The molecular formula is C13H14BrNO4. The van der Waals surface area contributed by atoms with Crippen LogP contribution in [-0.2, 0) is 9.59 Å². The third kappa shape index (κ3) is 2.96. The molecule has 0 aliphatic carbocycles. The molecule has 0 saturated carbocycles. The van der Waals surface area contributed by atoms with E-state index in [1.165, 1.54) is 4.90 Å². The maximum Gasteiger partial charge on any atom is 0.331 e. The maximum atomic E-state index is 11.9. The van der Waals surface area contributed by atoms with Gasteiger partial charge in [-0.15, -0.1) is 0 Å². The molecule has 1 saturated heterocycles. The van der Waals surface area contributed by atoms with E-state index in [9.17, 15) is 14.7 Å². The maximum absolute atomic E-state index is 11.9. The number of aliphatic hydroxyl groups excluding tert-OH is 1. The van der Waals surface area contributed by atoms with E-state index in [1.807, 2.05) is 0 Å². The number of carboxylic acid groups (broad SMARTS) is 1. The summed E-state index contributed by atoms with van der Waals surface area (Å²) in [7, 11) is 0. The average molecular weight is 328 g/mol. The topological polar surface area (TPSA) is 77.8 Å². The Morgan fingerprint density at radius 1 is 1.53 bits per heavy atom. The monoisotopic (exact) mass is 327 g/mol. The van der Waals surface area contributed by atoms with Crippen molar-refractivity contribution in [1.82, 2.24) is 4.90 Å². The summed E-state index contributed by atoms with van der Waals surface area (Å²) in [5.74, 6) is -1.47. The predicted molar refractivity (Wildman–Crippen MR) is 71.4 cm³/mol. The lowest BCUT2D eigenvalue weighted by Crippen LogP contribution is -2.35. The van der Waals surface area contributed by atoms with E-state index in [0.29, 0.717) is 5.56 Å². The first-order chi connectivity index (χ1) is 9.02. The molecule has 1 aromatic carbocycles. The van der Waals surface area contributed by atoms with Gasteiger partial charge < -0.3 is 15.1 Å². The van der Waals surface area contributed by atoms with Gasteiger partial charge in [0.25, 0.3) is 0 Å². The minimum Gasteiger partial charge on any atom is -0.479 e. The molecule has 5 nitrogen and oxygen atoms in total. The summed E-state index contributed by atoms with van der Waals surface area (Å²) in [5, 5.41) is 18.5. The van der Waals surface area contributed by atoms with E-state index >= 15 is 0 Å². The number of amides is 1. The number of halogens is 1. The quantitative estimate of drug-likeness (QED) is 0.876. The highest BCUT2D eigenvalue weighted by Gasteiger charge is 2.38. The van der Waals surface area contributed by atoms with Crippen molar-refractivity contribution in [2.45, 2.75) is 12.5 Å². The van der Waals surface area contributed by atoms with Crippen LogP contribution < -0.4 is 0 Å². The van der Waals surface area contributed by atoms with E-state index < -0.39 is 12.0 Å². The minimum absolute atomic E-state index is 0.104. The van der Waals surface area contributed by atoms with Crippen molar-refractivity contribution >= 4 is 27.8 Å². The smallest absolute Gasteiger partial charge is 0.331 e. The van der Waals surface area contributed by atoms with Crippen molar-refractivity contribution in [3.8, 4) is 0 Å². The minimum atomic E-state index is -1.06. The average Bonchev–Trinajstić information content (AvgIpc) is 2.71. The van der Waals surface area contributed by atoms with Gasteiger partial charge in [0.05, 0.1) is 0 Å². The summed E-state index contributed by atoms with van der Waals surface area (Å²) in [6.07, 6.45) is 0.203. The van der Waals surface area contributed by atoms with E-state index in [2.05, 4.69) is 15.9 Å². The Balaban J connectivity index is 2.31. The van der Waals surface area contributed by atoms with Crippen LogP contribution in [0.4, 0.5) is 0 Å². The van der Waals surface area contributed by atoms with Gasteiger partial charge in [-0.2, -0.15) is 0 Å². The van der Waals surface area contributed by atoms with Crippen LogP contribution in [0.25, 0.3) is 0 Å². The molecule has 0 spiro atoms. The fourth-order valence-corrected chi connectivity index (χ4v) is 2.73. The Bertz CT molecular complexity index is 505. The van der Waals surface area contributed by atoms with Gasteiger partial charge in [-0.3, -0.25) is 4.79 Å². The fourth-order valence-electron chi connectivity index (χ4n) is 2.31. The van der Waals surface area contributed by atoms with Crippen molar-refractivity contribution in [3.63, 3.8) is 0 Å². The van der Waals surface area contributed by atoms with Crippen molar-refractivity contribution < 1.29 is 19.8 Å². The summed E-state index contributed by atoms with van der Waals surface area (Å²) >= 11 is 3.29. The van der Waals surface area contributed by atoms with Crippen molar-refractivity contribution in [3.05, 3.63) is 34.3 Å². The largest absolute Gasteiger partial charge is 0.479 e. The van der Waals surface area contributed by atoms with E-state index in [4.69, 9.17) is 5.11 Å². The summed E-state index contributed by atoms with van der Waals surface area (Å²) < 4.78 is 0.765. The number of nitrogens with zero attached hydrogens (tertiary/aromatic N) is 1. The number of aliphatic carboxylic acids is 1. The van der Waals surface area contributed by atoms with Crippen LogP contribution in [-0.4, -0.2) is 40.1 Å². The predicted octanol–water partition coefficient (Wildman–Crippen LogP) is 1.42. The Morgan fingerprint density at radius 2 is 2.26 bits per heavy atom. The molecular weight excluding hydrogens is 314 g/mol. The number of carbonyl (C=O) groups excluding carboxylic acids is 1. The van der Waals surface area contributed by atoms with Gasteiger partial charge >= 0.3 is 5.97 Å². The van der Waals surface area contributed by atoms with Crippen molar-refractivity contribution in [2.75, 3.05) is 13.2 Å². The highest BCUT2D eigenvalue weighted by atomic mass is 79.9. The Morgan fingerprint density at radius 3 is 2.79 bits per heavy atom. The lowest BCUT2D eigenvalue weighted by molar-refractivity contribution is -0.148. The molecule has 1 heterocycles. The second-order valence-corrected chi connectivity index (χ2v) is 5.51. The molecule has 6 heteroatoms. The normalized spacial score (nSPS) is 20.6. The number of carbonyl (C=O) groups is 2. The second-order valence-electron chi connectivity index (χ2n) is 4.59. The Labute approximate surface area is 119 Å². The lowest BCUT2D eigenvalue weighted by Gasteiger charge is -2.25. The van der Waals surface area contributed by atoms with E-state index in [0.717, 1.165) is 4.47 Å². The molecule has 1 aliphatic rings. The highest BCUT2D eigenvalue weighted by molar-refractivity contribution is 9.10. The van der Waals surface area contributed by atoms with Crippen molar-refractivity contribution in [1.29, 1.82) is 0 Å². The van der Waals surface area contributed by atoms with Gasteiger partial charge in [-0.1, -0.05) is 28.1 Å². The number of aliphatic hydroxyl groups is 1. The standard InChI is InChI=1S/C13H14BrNO4/c14-10-3-1-2-9(5-10)12(13(18)19)15-6-8(7-16)4-11(15)17/h1-3,5,8,12,16H,4,6-7H2,(H,18,19). The zero-order valence-corrected chi connectivity index (χ0v) is 11.7. The lowest BCUT2D eigenvalue weighted by atomic mass is 10.1. The number of carboxylic acids is 1. The number of likely N-dealkylation sites (tertiary alicyclic amines) is 1. The SMILES string of the molecule is O=C(O)C(c1cccc(Br)c1)N1CC(CO)CC1=O. The van der Waals surface area contributed by atoms with Crippen LogP contribution in [0.1, 0.15) is 18.0 Å². The van der Waals surface area contributed by atoms with E-state index in [1.54, 1.807) is 24.3 Å². The first-order valence-corrected chi connectivity index (χ1v) is 6.71. The molecule has 1 aromatic rings. The van der Waals surface area contributed by atoms with Gasteiger partial charge in [-0.05, 0) is 17.7 Å². The number of hydrogen-bond donors (Lipinski definition) is 2. The molecule has 102 valence electrons. The first-order valence-electron chi connectivity index (χ1n) is 5.91. The van der Waals surface area contributed by atoms with E-state index in [-0.39, 0.29) is 31.4 Å². The molecule has 1 amide bonds. The molecule has 1 aliphatic heterocycles. The molecule has 19 heavy (non-hydrogen) atoms. The van der Waals surface area contributed by atoms with Crippen LogP contribution in [0, 0.1) is 5.92 Å². The van der Waals surface area contributed by atoms with Crippen LogP contribution in [0.2, 0.25) is 0 Å². The summed E-state index contributed by atoms with van der Waals surface area (Å²) in [6, 6.07) is 5.91. The van der Waals surface area contributed by atoms with Crippen molar-refractivity contribution in [2.24, 2.45) is 5.92 Å². The molecule has 0 bridgehead atoms. The second kappa shape index (κ2) is 5.71. The van der Waals surface area contributed by atoms with Crippen LogP contribution in [0.3, 0.4) is 0 Å². The Kier molecular flexibility index (Phi) is 4.21. The third-order valence-electron chi connectivity index (χ3n) is 3.21. The summed E-state index contributed by atoms with van der Waals surface area (Å²) in [4.78, 5) is 24.7. The molecule has 0 aromatic heterocycles. The van der Waals surface area contributed by atoms with Crippen LogP contribution >= 0.6 is 15.9 Å². The van der Waals surface area contributed by atoms with Gasteiger partial charge in [0.1, 0.15) is 0 Å².